The van der Waals surface area contributed by atoms with Crippen LogP contribution >= 0.6 is 0 Å². The fraction of sp³-hybridized carbons (Fsp3) is 0.469. The summed E-state index contributed by atoms with van der Waals surface area (Å²) in [7, 11) is -4.00. The number of aliphatic hydroxyl groups excluding tert-OH is 2. The molecule has 5 N–H and O–H groups in total. The molecule has 0 heterocycles. The minimum atomic E-state index is -4.00. The second kappa shape index (κ2) is 15.6. The molecule has 2 unspecified atom stereocenters. The molecule has 0 aliphatic heterocycles. The van der Waals surface area contributed by atoms with Gasteiger partial charge in [-0.25, -0.2) is 8.42 Å². The molecule has 3 atom stereocenters. The lowest BCUT2D eigenvalue weighted by molar-refractivity contribution is -0.141. The van der Waals surface area contributed by atoms with Crippen molar-refractivity contribution in [2.24, 2.45) is 0 Å². The van der Waals surface area contributed by atoms with Crippen molar-refractivity contribution >= 4 is 21.5 Å². The van der Waals surface area contributed by atoms with E-state index in [1.807, 2.05) is 66.7 Å². The van der Waals surface area contributed by atoms with Crippen LogP contribution in [0.3, 0.4) is 0 Å². The first kappa shape index (κ1) is 32.1. The molecule has 2 aliphatic rings. The fourth-order valence-corrected chi connectivity index (χ4v) is 6.52. The molecule has 2 aliphatic carbocycles. The number of sulfonamides is 1. The summed E-state index contributed by atoms with van der Waals surface area (Å²) in [5, 5.41) is 26.4. The molecule has 0 radical (unpaired) electrons. The van der Waals surface area contributed by atoms with E-state index in [0.717, 1.165) is 42.4 Å². The highest BCUT2D eigenvalue weighted by molar-refractivity contribution is 7.90. The third kappa shape index (κ3) is 8.82. The van der Waals surface area contributed by atoms with Crippen LogP contribution in [0.2, 0.25) is 0 Å². The van der Waals surface area contributed by atoms with E-state index < -0.39 is 33.7 Å². The Morgan fingerprint density at radius 2 is 1.71 bits per heavy atom. The van der Waals surface area contributed by atoms with Gasteiger partial charge in [0.05, 0.1) is 24.5 Å². The van der Waals surface area contributed by atoms with Crippen LogP contribution in [0.5, 0.6) is 0 Å². The molecular formula is C32H43N3O6S. The second-order valence-corrected chi connectivity index (χ2v) is 12.7. The molecule has 2 aromatic rings. The molecule has 1 fully saturated rings. The highest BCUT2D eigenvalue weighted by Gasteiger charge is 2.47. The fourth-order valence-electron chi connectivity index (χ4n) is 5.47. The number of hydrogen-bond acceptors (Lipinski definition) is 8. The van der Waals surface area contributed by atoms with Gasteiger partial charge >= 0.3 is 0 Å². The van der Waals surface area contributed by atoms with Crippen molar-refractivity contribution < 1.29 is 28.2 Å². The number of ether oxygens (including phenoxy) is 1. The highest BCUT2D eigenvalue weighted by atomic mass is 32.2. The van der Waals surface area contributed by atoms with Gasteiger partial charge in [-0.1, -0.05) is 92.1 Å². The lowest BCUT2D eigenvalue weighted by atomic mass is 9.83. The predicted molar refractivity (Wildman–Crippen MR) is 164 cm³/mol. The Bertz CT molecular complexity index is 1300. The number of rotatable bonds is 15. The van der Waals surface area contributed by atoms with Gasteiger partial charge in [-0.2, -0.15) is 0 Å². The lowest BCUT2D eigenvalue weighted by Gasteiger charge is -2.41. The maximum absolute atomic E-state index is 13.9. The maximum Gasteiger partial charge on any atom is 0.271 e. The topological polar surface area (TPSA) is 137 Å². The van der Waals surface area contributed by atoms with Gasteiger partial charge in [-0.15, -0.1) is 0 Å². The summed E-state index contributed by atoms with van der Waals surface area (Å²) >= 11 is 0. The second-order valence-electron chi connectivity index (χ2n) is 10.9. The molecule has 228 valence electrons. The molecule has 1 amide bonds. The zero-order chi connectivity index (χ0) is 29.8. The first-order chi connectivity index (χ1) is 20.3. The van der Waals surface area contributed by atoms with E-state index in [4.69, 9.17) is 9.84 Å². The summed E-state index contributed by atoms with van der Waals surface area (Å²) in [6, 6.07) is 18.7. The minimum absolute atomic E-state index is 0.0157. The van der Waals surface area contributed by atoms with Crippen molar-refractivity contribution in [3.63, 3.8) is 0 Å². The van der Waals surface area contributed by atoms with Gasteiger partial charge in [0.25, 0.3) is 5.91 Å². The average molecular weight is 598 g/mol. The predicted octanol–water partition coefficient (Wildman–Crippen LogP) is 2.84. The third-order valence-corrected chi connectivity index (χ3v) is 9.08. The highest BCUT2D eigenvalue weighted by Crippen LogP contribution is 2.32. The van der Waals surface area contributed by atoms with Crippen LogP contribution in [-0.4, -0.2) is 74.3 Å². The molecule has 0 aromatic heterocycles. The molecule has 42 heavy (non-hydrogen) atoms. The Balaban J connectivity index is 1.56. The van der Waals surface area contributed by atoms with Crippen LogP contribution in [0.4, 0.5) is 0 Å². The molecule has 0 bridgehead atoms. The lowest BCUT2D eigenvalue weighted by Crippen LogP contribution is -2.63. The zero-order valence-electron chi connectivity index (χ0n) is 24.0. The summed E-state index contributed by atoms with van der Waals surface area (Å²) in [4.78, 5) is 13.9. The molecule has 4 rings (SSSR count). The van der Waals surface area contributed by atoms with Crippen molar-refractivity contribution in [3.05, 3.63) is 90.0 Å². The van der Waals surface area contributed by atoms with E-state index in [2.05, 4.69) is 15.4 Å². The van der Waals surface area contributed by atoms with Crippen LogP contribution in [-0.2, 0) is 19.6 Å². The molecule has 2 aromatic carbocycles. The summed E-state index contributed by atoms with van der Waals surface area (Å²) in [6.07, 6.45) is 9.98. The average Bonchev–Trinajstić information content (AvgIpc) is 3.01. The van der Waals surface area contributed by atoms with Crippen molar-refractivity contribution in [3.8, 4) is 0 Å². The van der Waals surface area contributed by atoms with E-state index in [0.29, 0.717) is 13.1 Å². The standard InChI is InChI=1S/C32H43N3O6S/c36-20-10-22-42(39,40)35-31(38)32(41-21-19-33-24-29(37)26-13-6-2-7-14-26)18-17-27(25-11-4-1-5-12-25)23-30(32)34-28-15-8-3-9-16-28/h1-2,4-7,11-14,17-18,23,28-30,33-34,36-37H,3,8-10,15-16,19-22,24H2,(H,35,38)/t29-,30?,32?/m0/s1. The number of carbonyl (C=O) groups is 1. The summed E-state index contributed by atoms with van der Waals surface area (Å²) in [5.41, 5.74) is 1.04. The Hall–Kier alpha value is -2.86. The Kier molecular flexibility index (Phi) is 11.9. The first-order valence-corrected chi connectivity index (χ1v) is 16.4. The van der Waals surface area contributed by atoms with Gasteiger partial charge in [0, 0.05) is 25.7 Å². The number of nitrogens with one attached hydrogen (secondary N) is 3. The van der Waals surface area contributed by atoms with Gasteiger partial charge in [0.1, 0.15) is 0 Å². The van der Waals surface area contributed by atoms with Gasteiger partial charge in [0.15, 0.2) is 5.60 Å². The molecular weight excluding hydrogens is 554 g/mol. The van der Waals surface area contributed by atoms with Crippen LogP contribution < -0.4 is 15.4 Å². The maximum atomic E-state index is 13.9. The largest absolute Gasteiger partial charge is 0.396 e. The van der Waals surface area contributed by atoms with Gasteiger partial charge < -0.3 is 25.6 Å². The smallest absolute Gasteiger partial charge is 0.271 e. The number of allylic oxidation sites excluding steroid dienone is 2. The zero-order valence-corrected chi connectivity index (χ0v) is 24.8. The first-order valence-electron chi connectivity index (χ1n) is 14.8. The van der Waals surface area contributed by atoms with Crippen molar-refractivity contribution in [1.29, 1.82) is 0 Å². The molecule has 10 heteroatoms. The van der Waals surface area contributed by atoms with Gasteiger partial charge in [0.2, 0.25) is 10.0 Å². The number of hydrogen-bond donors (Lipinski definition) is 5. The monoisotopic (exact) mass is 597 g/mol. The van der Waals surface area contributed by atoms with E-state index in [1.165, 1.54) is 6.42 Å². The van der Waals surface area contributed by atoms with E-state index in [-0.39, 0.29) is 31.4 Å². The summed E-state index contributed by atoms with van der Waals surface area (Å²) < 4.78 is 34.1. The van der Waals surface area contributed by atoms with Crippen molar-refractivity contribution in [1.82, 2.24) is 15.4 Å². The van der Waals surface area contributed by atoms with Crippen LogP contribution in [0.25, 0.3) is 5.57 Å². The number of amides is 1. The molecule has 0 spiro atoms. The number of aliphatic hydroxyl groups is 2. The Morgan fingerprint density at radius 1 is 1.02 bits per heavy atom. The minimum Gasteiger partial charge on any atom is -0.396 e. The Labute approximate surface area is 249 Å². The molecule has 1 saturated carbocycles. The normalized spacial score (nSPS) is 22.0. The van der Waals surface area contributed by atoms with Crippen LogP contribution in [0, 0.1) is 0 Å². The number of benzene rings is 2. The Morgan fingerprint density at radius 3 is 2.40 bits per heavy atom. The van der Waals surface area contributed by atoms with Gasteiger partial charge in [-0.3, -0.25) is 9.52 Å². The van der Waals surface area contributed by atoms with E-state index in [1.54, 1.807) is 12.2 Å². The quantitative estimate of drug-likeness (QED) is 0.198. The molecule has 9 nitrogen and oxygen atoms in total. The van der Waals surface area contributed by atoms with E-state index in [9.17, 15) is 18.3 Å². The van der Waals surface area contributed by atoms with E-state index >= 15 is 0 Å². The van der Waals surface area contributed by atoms with Gasteiger partial charge in [-0.05, 0) is 42.0 Å². The van der Waals surface area contributed by atoms with Crippen LogP contribution in [0.15, 0.2) is 78.9 Å². The summed E-state index contributed by atoms with van der Waals surface area (Å²) in [6.45, 7) is 0.411. The summed E-state index contributed by atoms with van der Waals surface area (Å²) in [5.74, 6) is -1.16. The van der Waals surface area contributed by atoms with Crippen LogP contribution in [0.1, 0.15) is 55.8 Å². The van der Waals surface area contributed by atoms with Crippen molar-refractivity contribution in [2.75, 3.05) is 32.1 Å². The van der Waals surface area contributed by atoms with Crippen molar-refractivity contribution in [2.45, 2.75) is 62.3 Å². The SMILES string of the molecule is O=C(NS(=O)(=O)CCCO)C1(OCCNC[C@H](O)c2ccccc2)C=CC(c2ccccc2)=CC1NC1CCCCC1. The third-order valence-electron chi connectivity index (χ3n) is 7.76. The molecule has 0 saturated heterocycles. The number of carbonyl (C=O) groups excluding carboxylic acids is 1.